The molecule has 1 fully saturated rings. The summed E-state index contributed by atoms with van der Waals surface area (Å²) >= 11 is 0. The Kier molecular flexibility index (Phi) is 2.49. The molecule has 0 spiro atoms. The van der Waals surface area contributed by atoms with Gasteiger partial charge in [-0.15, -0.1) is 0 Å². The number of ether oxygens (including phenoxy) is 1. The van der Waals surface area contributed by atoms with E-state index in [0.717, 1.165) is 0 Å². The van der Waals surface area contributed by atoms with Gasteiger partial charge in [-0.3, -0.25) is 4.79 Å². The molecule has 2 heterocycles. The first kappa shape index (κ1) is 9.45. The molecule has 1 saturated heterocycles. The van der Waals surface area contributed by atoms with Gasteiger partial charge >= 0.3 is 5.97 Å². The fraction of sp³-hybridized carbons (Fsp3) is 0.0909. The van der Waals surface area contributed by atoms with Gasteiger partial charge < -0.3 is 9.15 Å². The van der Waals surface area contributed by atoms with Gasteiger partial charge in [-0.05, 0) is 24.3 Å². The number of hydrogen-bond acceptors (Lipinski definition) is 4. The van der Waals surface area contributed by atoms with E-state index in [1.54, 1.807) is 30.5 Å². The maximum Gasteiger partial charge on any atom is 0.342 e. The molecule has 0 aliphatic carbocycles. The molecule has 4 nitrogen and oxygen atoms in total. The van der Waals surface area contributed by atoms with Crippen LogP contribution in [0.2, 0.25) is 0 Å². The number of cyclic esters (lactones) is 1. The van der Waals surface area contributed by atoms with E-state index < -0.39 is 5.97 Å². The summed E-state index contributed by atoms with van der Waals surface area (Å²) in [4.78, 5) is 22.1. The zero-order valence-corrected chi connectivity index (χ0v) is 7.80. The predicted molar refractivity (Wildman–Crippen MR) is 51.8 cm³/mol. The topological polar surface area (TPSA) is 56.5 Å². The van der Waals surface area contributed by atoms with Crippen LogP contribution in [-0.2, 0) is 14.3 Å². The molecule has 0 atom stereocenters. The number of hydrogen-bond donors (Lipinski definition) is 0. The van der Waals surface area contributed by atoms with E-state index in [0.29, 0.717) is 5.76 Å². The molecule has 1 aliphatic rings. The van der Waals surface area contributed by atoms with Crippen LogP contribution in [0.3, 0.4) is 0 Å². The molecular weight excluding hydrogens is 196 g/mol. The molecule has 0 amide bonds. The van der Waals surface area contributed by atoms with Crippen LogP contribution in [0.1, 0.15) is 5.76 Å². The molecule has 2 rings (SSSR count). The Bertz CT molecular complexity index is 419. The van der Waals surface area contributed by atoms with Crippen LogP contribution in [0.4, 0.5) is 0 Å². The monoisotopic (exact) mass is 204 g/mol. The highest BCUT2D eigenvalue weighted by Crippen LogP contribution is 2.10. The van der Waals surface area contributed by atoms with Gasteiger partial charge in [0.2, 0.25) is 5.78 Å². The molecule has 0 bridgehead atoms. The summed E-state index contributed by atoms with van der Waals surface area (Å²) in [6, 6.07) is 3.52. The standard InChI is InChI=1S/C11H8O4/c12-10-7-15-11(13)9(10)5-1-3-8-4-2-6-14-8/h1-6H,7H2. The highest BCUT2D eigenvalue weighted by Gasteiger charge is 2.27. The van der Waals surface area contributed by atoms with E-state index in [4.69, 9.17) is 4.42 Å². The fourth-order valence-electron chi connectivity index (χ4n) is 1.19. The van der Waals surface area contributed by atoms with E-state index in [2.05, 4.69) is 4.74 Å². The van der Waals surface area contributed by atoms with Gasteiger partial charge in [0.15, 0.2) is 6.61 Å². The number of rotatable bonds is 2. The molecule has 1 aromatic heterocycles. The first-order chi connectivity index (χ1) is 7.27. The van der Waals surface area contributed by atoms with Crippen LogP contribution in [0.5, 0.6) is 0 Å². The van der Waals surface area contributed by atoms with Crippen LogP contribution in [0.25, 0.3) is 6.08 Å². The quantitative estimate of drug-likeness (QED) is 0.414. The van der Waals surface area contributed by atoms with Crippen molar-refractivity contribution < 1.29 is 18.7 Å². The lowest BCUT2D eigenvalue weighted by molar-refractivity contribution is -0.135. The van der Waals surface area contributed by atoms with Crippen LogP contribution in [-0.4, -0.2) is 18.4 Å². The molecule has 0 aromatic carbocycles. The van der Waals surface area contributed by atoms with Gasteiger partial charge in [-0.25, -0.2) is 4.79 Å². The average Bonchev–Trinajstić information content (AvgIpc) is 2.82. The summed E-state index contributed by atoms with van der Waals surface area (Å²) in [5.74, 6) is -0.196. The Morgan fingerprint density at radius 2 is 2.20 bits per heavy atom. The Balaban J connectivity index is 2.11. The first-order valence-corrected chi connectivity index (χ1v) is 4.39. The number of allylic oxidation sites excluding steroid dienone is 2. The molecule has 1 aromatic rings. The molecule has 0 N–H and O–H groups in total. The average molecular weight is 204 g/mol. The molecular formula is C11H8O4. The zero-order valence-electron chi connectivity index (χ0n) is 7.80. The lowest BCUT2D eigenvalue weighted by Crippen LogP contribution is -1.99. The molecule has 0 unspecified atom stereocenters. The fourth-order valence-corrected chi connectivity index (χ4v) is 1.19. The van der Waals surface area contributed by atoms with E-state index in [1.807, 2.05) is 0 Å². The van der Waals surface area contributed by atoms with Gasteiger partial charge in [0.05, 0.1) is 6.26 Å². The summed E-state index contributed by atoms with van der Waals surface area (Å²) in [5.41, 5.74) is 0.0813. The van der Waals surface area contributed by atoms with Crippen molar-refractivity contribution in [3.8, 4) is 0 Å². The molecule has 0 saturated carbocycles. The van der Waals surface area contributed by atoms with Crippen molar-refractivity contribution in [2.24, 2.45) is 0 Å². The van der Waals surface area contributed by atoms with Crippen molar-refractivity contribution in [3.63, 3.8) is 0 Å². The minimum Gasteiger partial charge on any atom is -0.465 e. The van der Waals surface area contributed by atoms with Crippen molar-refractivity contribution in [3.05, 3.63) is 41.9 Å². The molecule has 15 heavy (non-hydrogen) atoms. The Morgan fingerprint density at radius 1 is 1.33 bits per heavy atom. The van der Waals surface area contributed by atoms with Gasteiger partial charge in [0, 0.05) is 0 Å². The molecule has 4 heteroatoms. The number of Topliss-reactive ketones (excluding diaryl/α,β-unsaturated/α-hetero) is 1. The minimum absolute atomic E-state index is 0.0813. The number of carbonyl (C=O) groups is 2. The molecule has 0 radical (unpaired) electrons. The van der Waals surface area contributed by atoms with E-state index in [9.17, 15) is 9.59 Å². The van der Waals surface area contributed by atoms with Crippen LogP contribution in [0.15, 0.2) is 40.5 Å². The van der Waals surface area contributed by atoms with Crippen molar-refractivity contribution in [2.45, 2.75) is 0 Å². The number of ketones is 1. The number of carbonyl (C=O) groups excluding carboxylic acids is 2. The van der Waals surface area contributed by atoms with Gasteiger partial charge in [0.1, 0.15) is 11.3 Å². The summed E-state index contributed by atoms with van der Waals surface area (Å²) in [5, 5.41) is 0. The van der Waals surface area contributed by atoms with E-state index in [1.165, 1.54) is 6.08 Å². The second kappa shape index (κ2) is 3.96. The van der Waals surface area contributed by atoms with E-state index >= 15 is 0 Å². The third-order valence-corrected chi connectivity index (χ3v) is 1.92. The van der Waals surface area contributed by atoms with Crippen molar-refractivity contribution in [1.82, 2.24) is 0 Å². The Labute approximate surface area is 85.8 Å². The highest BCUT2D eigenvalue weighted by atomic mass is 16.5. The summed E-state index contributed by atoms with van der Waals surface area (Å²) in [6.45, 7) is -0.154. The van der Waals surface area contributed by atoms with E-state index in [-0.39, 0.29) is 18.0 Å². The Hall–Kier alpha value is -2.10. The second-order valence-electron chi connectivity index (χ2n) is 2.95. The third kappa shape index (κ3) is 2.04. The highest BCUT2D eigenvalue weighted by molar-refractivity contribution is 6.22. The van der Waals surface area contributed by atoms with Crippen molar-refractivity contribution in [1.29, 1.82) is 0 Å². The third-order valence-electron chi connectivity index (χ3n) is 1.92. The van der Waals surface area contributed by atoms with Crippen LogP contribution in [0, 0.1) is 0 Å². The lowest BCUT2D eigenvalue weighted by Gasteiger charge is -1.85. The first-order valence-electron chi connectivity index (χ1n) is 4.39. The van der Waals surface area contributed by atoms with Gasteiger partial charge in [-0.1, -0.05) is 6.08 Å². The number of esters is 1. The Morgan fingerprint density at radius 3 is 2.80 bits per heavy atom. The largest absolute Gasteiger partial charge is 0.465 e. The predicted octanol–water partition coefficient (Wildman–Crippen LogP) is 1.35. The van der Waals surface area contributed by atoms with Gasteiger partial charge in [0.25, 0.3) is 0 Å². The molecule has 76 valence electrons. The SMILES string of the molecule is O=C1COC(=O)C1=CC=Cc1ccco1. The summed E-state index contributed by atoms with van der Waals surface area (Å²) < 4.78 is 9.59. The van der Waals surface area contributed by atoms with Crippen LogP contribution >= 0.6 is 0 Å². The maximum absolute atomic E-state index is 11.1. The van der Waals surface area contributed by atoms with Crippen molar-refractivity contribution in [2.75, 3.05) is 6.61 Å². The number of furan rings is 1. The normalized spacial score (nSPS) is 19.1. The zero-order chi connectivity index (χ0) is 10.7. The summed E-state index contributed by atoms with van der Waals surface area (Å²) in [7, 11) is 0. The van der Waals surface area contributed by atoms with Crippen LogP contribution < -0.4 is 0 Å². The molecule has 1 aliphatic heterocycles. The minimum atomic E-state index is -0.566. The summed E-state index contributed by atoms with van der Waals surface area (Å²) in [6.07, 6.45) is 6.21. The van der Waals surface area contributed by atoms with Crippen molar-refractivity contribution >= 4 is 17.8 Å². The lowest BCUT2D eigenvalue weighted by atomic mass is 10.2. The maximum atomic E-state index is 11.1. The van der Waals surface area contributed by atoms with Gasteiger partial charge in [-0.2, -0.15) is 0 Å². The smallest absolute Gasteiger partial charge is 0.342 e. The second-order valence-corrected chi connectivity index (χ2v) is 2.95.